The molecule has 2 saturated heterocycles. The van der Waals surface area contributed by atoms with Gasteiger partial charge in [-0.2, -0.15) is 0 Å². The monoisotopic (exact) mass is 414 g/mol. The Morgan fingerprint density at radius 1 is 1.14 bits per heavy atom. The van der Waals surface area contributed by atoms with Crippen LogP contribution in [-0.4, -0.2) is 43.2 Å². The van der Waals surface area contributed by atoms with Crippen LogP contribution in [0.25, 0.3) is 0 Å². The number of ether oxygens (including phenoxy) is 1. The van der Waals surface area contributed by atoms with Gasteiger partial charge in [0.1, 0.15) is 5.75 Å². The zero-order valence-electron chi connectivity index (χ0n) is 16.5. The van der Waals surface area contributed by atoms with Crippen LogP contribution in [0.2, 0.25) is 5.02 Å². The van der Waals surface area contributed by atoms with E-state index in [9.17, 15) is 4.79 Å². The minimum Gasteiger partial charge on any atom is -0.496 e. The molecule has 4 rings (SSSR count). The van der Waals surface area contributed by atoms with Crippen molar-refractivity contribution in [3.63, 3.8) is 0 Å². The van der Waals surface area contributed by atoms with Gasteiger partial charge in [0.2, 0.25) is 0 Å². The molecule has 0 radical (unpaired) electrons. The van der Waals surface area contributed by atoms with Gasteiger partial charge in [-0.25, -0.2) is 10.9 Å². The molecular formula is C22H27ClN4O2. The smallest absolute Gasteiger partial charge is 0.255 e. The SMILES string of the molecule is COc1ccc(Cl)cc1C(=O)NC1CCN(C2CC(c3ccccc3)NN2)CC1. The van der Waals surface area contributed by atoms with E-state index in [4.69, 9.17) is 16.3 Å². The minimum absolute atomic E-state index is 0.132. The topological polar surface area (TPSA) is 65.6 Å². The lowest BCUT2D eigenvalue weighted by atomic mass is 10.0. The van der Waals surface area contributed by atoms with E-state index in [0.717, 1.165) is 32.4 Å². The Morgan fingerprint density at radius 3 is 2.62 bits per heavy atom. The highest BCUT2D eigenvalue weighted by molar-refractivity contribution is 6.31. The first-order valence-corrected chi connectivity index (χ1v) is 10.5. The Labute approximate surface area is 176 Å². The molecule has 6 nitrogen and oxygen atoms in total. The Bertz CT molecular complexity index is 840. The second-order valence-electron chi connectivity index (χ2n) is 7.63. The van der Waals surface area contributed by atoms with E-state index >= 15 is 0 Å². The molecule has 2 unspecified atom stereocenters. The standard InChI is InChI=1S/C22H27ClN4O2/c1-29-20-8-7-16(23)13-18(20)22(28)24-17-9-11-27(12-10-17)21-14-19(25-26-21)15-5-3-2-4-6-15/h2-8,13,17,19,21,25-26H,9-12,14H2,1H3,(H,24,28). The van der Waals surface area contributed by atoms with Gasteiger partial charge in [0.05, 0.1) is 18.8 Å². The third kappa shape index (κ3) is 4.73. The van der Waals surface area contributed by atoms with Crippen LogP contribution in [-0.2, 0) is 0 Å². The molecule has 0 spiro atoms. The number of benzene rings is 2. The lowest BCUT2D eigenvalue weighted by molar-refractivity contribution is 0.0877. The van der Waals surface area contributed by atoms with Gasteiger partial charge >= 0.3 is 0 Å². The van der Waals surface area contributed by atoms with Crippen LogP contribution in [0.3, 0.4) is 0 Å². The van der Waals surface area contributed by atoms with Crippen LogP contribution >= 0.6 is 11.6 Å². The molecule has 2 aromatic carbocycles. The summed E-state index contributed by atoms with van der Waals surface area (Å²) in [5.41, 5.74) is 8.64. The largest absolute Gasteiger partial charge is 0.496 e. The van der Waals surface area contributed by atoms with Gasteiger partial charge in [-0.05, 0) is 43.0 Å². The first-order valence-electron chi connectivity index (χ1n) is 10.1. The number of rotatable bonds is 5. The normalized spacial score (nSPS) is 23.1. The number of amides is 1. The highest BCUT2D eigenvalue weighted by Crippen LogP contribution is 2.26. The van der Waals surface area contributed by atoms with E-state index in [0.29, 0.717) is 28.5 Å². The van der Waals surface area contributed by atoms with Crippen LogP contribution in [0.1, 0.15) is 41.2 Å². The summed E-state index contributed by atoms with van der Waals surface area (Å²) in [4.78, 5) is 15.2. The zero-order valence-corrected chi connectivity index (χ0v) is 17.3. The van der Waals surface area contributed by atoms with E-state index in [2.05, 4.69) is 45.3 Å². The molecule has 0 bridgehead atoms. The Kier molecular flexibility index (Phi) is 6.35. The molecule has 0 aromatic heterocycles. The van der Waals surface area contributed by atoms with Crippen molar-refractivity contribution in [2.24, 2.45) is 0 Å². The van der Waals surface area contributed by atoms with Gasteiger partial charge in [0.15, 0.2) is 0 Å². The van der Waals surface area contributed by atoms with Crippen molar-refractivity contribution in [3.8, 4) is 5.75 Å². The number of hydrogen-bond donors (Lipinski definition) is 3. The molecule has 7 heteroatoms. The number of methoxy groups -OCH3 is 1. The summed E-state index contributed by atoms with van der Waals surface area (Å²) in [7, 11) is 1.56. The molecule has 29 heavy (non-hydrogen) atoms. The maximum Gasteiger partial charge on any atom is 0.255 e. The van der Waals surface area contributed by atoms with Gasteiger partial charge in [-0.1, -0.05) is 41.9 Å². The van der Waals surface area contributed by atoms with Crippen molar-refractivity contribution >= 4 is 17.5 Å². The summed E-state index contributed by atoms with van der Waals surface area (Å²) < 4.78 is 5.30. The first-order chi connectivity index (χ1) is 14.1. The summed E-state index contributed by atoms with van der Waals surface area (Å²) in [6, 6.07) is 16.1. The molecule has 2 aromatic rings. The molecule has 2 aliphatic rings. The number of nitrogens with one attached hydrogen (secondary N) is 3. The van der Waals surface area contributed by atoms with Crippen LogP contribution < -0.4 is 20.9 Å². The predicted molar refractivity (Wildman–Crippen MR) is 114 cm³/mol. The van der Waals surface area contributed by atoms with Gasteiger partial charge in [0.25, 0.3) is 5.91 Å². The number of hydrazine groups is 1. The number of likely N-dealkylation sites (tertiary alicyclic amines) is 1. The lowest BCUT2D eigenvalue weighted by Crippen LogP contribution is -2.51. The van der Waals surface area contributed by atoms with Crippen molar-refractivity contribution in [1.82, 2.24) is 21.1 Å². The Morgan fingerprint density at radius 2 is 1.90 bits per heavy atom. The second-order valence-corrected chi connectivity index (χ2v) is 8.07. The Balaban J connectivity index is 1.29. The van der Waals surface area contributed by atoms with Crippen LogP contribution in [0.5, 0.6) is 5.75 Å². The van der Waals surface area contributed by atoms with E-state index in [1.165, 1.54) is 5.56 Å². The van der Waals surface area contributed by atoms with Gasteiger partial charge in [-0.3, -0.25) is 9.69 Å². The summed E-state index contributed by atoms with van der Waals surface area (Å²) in [5, 5.41) is 3.67. The van der Waals surface area contributed by atoms with Gasteiger partial charge < -0.3 is 10.1 Å². The van der Waals surface area contributed by atoms with Crippen LogP contribution in [0.15, 0.2) is 48.5 Å². The molecular weight excluding hydrogens is 388 g/mol. The number of piperidine rings is 1. The second kappa shape index (κ2) is 9.13. The summed E-state index contributed by atoms with van der Waals surface area (Å²) in [6.45, 7) is 1.89. The third-order valence-corrected chi connectivity index (χ3v) is 6.03. The van der Waals surface area contributed by atoms with E-state index in [1.54, 1.807) is 25.3 Å². The highest BCUT2D eigenvalue weighted by atomic mass is 35.5. The molecule has 2 heterocycles. The molecule has 0 aliphatic carbocycles. The third-order valence-electron chi connectivity index (χ3n) is 5.80. The molecule has 2 atom stereocenters. The van der Waals surface area contributed by atoms with Crippen molar-refractivity contribution in [2.75, 3.05) is 20.2 Å². The van der Waals surface area contributed by atoms with Gasteiger partial charge in [0, 0.05) is 30.2 Å². The average molecular weight is 415 g/mol. The molecule has 3 N–H and O–H groups in total. The molecule has 0 saturated carbocycles. The molecule has 2 aliphatic heterocycles. The van der Waals surface area contributed by atoms with Crippen molar-refractivity contribution in [2.45, 2.75) is 37.5 Å². The maximum atomic E-state index is 12.7. The highest BCUT2D eigenvalue weighted by Gasteiger charge is 2.32. The number of halogens is 1. The molecule has 1 amide bonds. The van der Waals surface area contributed by atoms with Crippen LogP contribution in [0, 0.1) is 0 Å². The molecule has 2 fully saturated rings. The lowest BCUT2D eigenvalue weighted by Gasteiger charge is -2.35. The fourth-order valence-corrected chi connectivity index (χ4v) is 4.33. The summed E-state index contributed by atoms with van der Waals surface area (Å²) in [6.07, 6.45) is 3.18. The fourth-order valence-electron chi connectivity index (χ4n) is 4.16. The summed E-state index contributed by atoms with van der Waals surface area (Å²) in [5.74, 6) is 0.408. The number of hydrogen-bond acceptors (Lipinski definition) is 5. The van der Waals surface area contributed by atoms with Crippen molar-refractivity contribution in [1.29, 1.82) is 0 Å². The Hall–Kier alpha value is -2.12. The summed E-state index contributed by atoms with van der Waals surface area (Å²) >= 11 is 6.05. The van der Waals surface area contributed by atoms with Gasteiger partial charge in [-0.15, -0.1) is 0 Å². The maximum absolute atomic E-state index is 12.7. The van der Waals surface area contributed by atoms with E-state index < -0.39 is 0 Å². The first kappa shape index (κ1) is 20.2. The number of nitrogens with zero attached hydrogens (tertiary/aromatic N) is 1. The molecule has 154 valence electrons. The van der Waals surface area contributed by atoms with E-state index in [1.807, 2.05) is 6.07 Å². The van der Waals surface area contributed by atoms with Crippen molar-refractivity contribution in [3.05, 3.63) is 64.7 Å². The zero-order chi connectivity index (χ0) is 20.2. The minimum atomic E-state index is -0.132. The predicted octanol–water partition coefficient (Wildman–Crippen LogP) is 3.11. The van der Waals surface area contributed by atoms with Crippen LogP contribution in [0.4, 0.5) is 0 Å². The number of carbonyl (C=O) groups is 1. The number of carbonyl (C=O) groups excluding carboxylic acids is 1. The average Bonchev–Trinajstić information content (AvgIpc) is 3.25. The quantitative estimate of drug-likeness (QED) is 0.701. The fraction of sp³-hybridized carbons (Fsp3) is 0.409. The van der Waals surface area contributed by atoms with E-state index in [-0.39, 0.29) is 11.9 Å². The van der Waals surface area contributed by atoms with Crippen molar-refractivity contribution < 1.29 is 9.53 Å².